The van der Waals surface area contributed by atoms with E-state index in [1.165, 1.54) is 0 Å². The number of hydrogen-bond acceptors (Lipinski definition) is 2. The second kappa shape index (κ2) is 3.84. The molecule has 0 rings (SSSR count). The van der Waals surface area contributed by atoms with Gasteiger partial charge in [-0.25, -0.2) is 0 Å². The van der Waals surface area contributed by atoms with Crippen LogP contribution in [0.15, 0.2) is 5.18 Å². The van der Waals surface area contributed by atoms with Crippen molar-refractivity contribution in [1.82, 2.24) is 0 Å². The molecule has 0 spiro atoms. The van der Waals surface area contributed by atoms with Crippen molar-refractivity contribution in [3.8, 4) is 0 Å². The van der Waals surface area contributed by atoms with E-state index in [-0.39, 0.29) is 0 Å². The fourth-order valence-electron chi connectivity index (χ4n) is 0.256. The van der Waals surface area contributed by atoms with Crippen LogP contribution in [-0.4, -0.2) is 14.4 Å². The molecule has 0 bridgehead atoms. The molecule has 0 aliphatic rings. The second-order valence-electron chi connectivity index (χ2n) is 1.83. The maximum Gasteiger partial charge on any atom is 0.101 e. The van der Waals surface area contributed by atoms with Crippen LogP contribution in [0.5, 0.6) is 0 Å². The predicted molar refractivity (Wildman–Crippen MR) is 33.2 cm³/mol. The summed E-state index contributed by atoms with van der Waals surface area (Å²) in [6.45, 7) is 2.48. The molecule has 3 heteroatoms. The van der Waals surface area contributed by atoms with Crippen molar-refractivity contribution in [2.75, 3.05) is 6.54 Å². The lowest BCUT2D eigenvalue weighted by Crippen LogP contribution is -1.95. The fourth-order valence-corrected chi connectivity index (χ4v) is 0.256. The van der Waals surface area contributed by atoms with Gasteiger partial charge in [-0.15, -0.1) is 0 Å². The number of nitroso groups, excluding NO2 is 1. The molecule has 0 aliphatic carbocycles. The highest BCUT2D eigenvalue weighted by Crippen LogP contribution is 1.97. The van der Waals surface area contributed by atoms with Gasteiger partial charge in [0, 0.05) is 0 Å². The van der Waals surface area contributed by atoms with Gasteiger partial charge >= 0.3 is 0 Å². The first kappa shape index (κ1) is 6.66. The molecule has 0 radical (unpaired) electrons. The third-order valence-corrected chi connectivity index (χ3v) is 1.08. The van der Waals surface area contributed by atoms with Gasteiger partial charge in [-0.1, -0.05) is 18.4 Å². The van der Waals surface area contributed by atoms with Crippen LogP contribution < -0.4 is 0 Å². The van der Waals surface area contributed by atoms with E-state index in [2.05, 4.69) is 13.0 Å². The molecule has 0 aromatic rings. The van der Waals surface area contributed by atoms with Crippen molar-refractivity contribution in [3.63, 3.8) is 0 Å². The summed E-state index contributed by atoms with van der Waals surface area (Å²) in [5.74, 6) is 0.470. The first-order valence-electron chi connectivity index (χ1n) is 2.60. The van der Waals surface area contributed by atoms with Crippen LogP contribution in [0.3, 0.4) is 0 Å². The first-order chi connectivity index (χ1) is 3.31. The Balaban J connectivity index is 2.98. The maximum absolute atomic E-state index is 9.52. The first-order valence-corrected chi connectivity index (χ1v) is 2.60. The van der Waals surface area contributed by atoms with E-state index >= 15 is 0 Å². The average Bonchev–Trinajstić information content (AvgIpc) is 1.68. The van der Waals surface area contributed by atoms with Gasteiger partial charge < -0.3 is 0 Å². The van der Waals surface area contributed by atoms with Crippen molar-refractivity contribution in [2.24, 2.45) is 11.1 Å². The Hall–Kier alpha value is -0.335. The van der Waals surface area contributed by atoms with Gasteiger partial charge in [0.1, 0.15) is 7.85 Å². The molecule has 0 aromatic carbocycles. The molecule has 0 aromatic heterocycles. The van der Waals surface area contributed by atoms with E-state index in [1.807, 2.05) is 6.92 Å². The Bertz CT molecular complexity index is 57.7. The quantitative estimate of drug-likeness (QED) is 0.372. The Morgan fingerprint density at radius 2 is 2.43 bits per heavy atom. The molecular weight excluding hydrogens is 88.9 g/mol. The maximum atomic E-state index is 9.52. The highest BCUT2D eigenvalue weighted by atomic mass is 16.3. The molecule has 0 saturated carbocycles. The van der Waals surface area contributed by atoms with E-state index in [0.29, 0.717) is 12.5 Å². The average molecular weight is 98.9 g/mol. The minimum atomic E-state index is 0.469. The number of rotatable bonds is 3. The molecule has 0 saturated heterocycles. The summed E-state index contributed by atoms with van der Waals surface area (Å²) >= 11 is 0. The topological polar surface area (TPSA) is 29.4 Å². The van der Waals surface area contributed by atoms with Crippen LogP contribution in [0.25, 0.3) is 0 Å². The zero-order valence-corrected chi connectivity index (χ0v) is 4.85. The molecule has 2 nitrogen and oxygen atoms in total. The molecule has 7 heavy (non-hydrogen) atoms. The van der Waals surface area contributed by atoms with E-state index < -0.39 is 0 Å². The molecule has 0 heterocycles. The molecule has 0 aliphatic heterocycles. The van der Waals surface area contributed by atoms with Crippen molar-refractivity contribution in [1.29, 1.82) is 0 Å². The standard InChI is InChI=1S/C4H10BNO/c1-4(2-5)3-6-7/h4H,2-3,5H2,1H3. The minimum absolute atomic E-state index is 0.469. The lowest BCUT2D eigenvalue weighted by Gasteiger charge is -1.96. The van der Waals surface area contributed by atoms with Crippen LogP contribution in [-0.2, 0) is 0 Å². The van der Waals surface area contributed by atoms with E-state index in [1.54, 1.807) is 0 Å². The Morgan fingerprint density at radius 3 is 2.57 bits per heavy atom. The molecule has 40 valence electrons. The van der Waals surface area contributed by atoms with Crippen LogP contribution in [0.4, 0.5) is 0 Å². The van der Waals surface area contributed by atoms with Gasteiger partial charge in [0.15, 0.2) is 0 Å². The molecule has 1 unspecified atom stereocenters. The van der Waals surface area contributed by atoms with Crippen LogP contribution in [0.2, 0.25) is 6.32 Å². The Morgan fingerprint density at radius 1 is 1.86 bits per heavy atom. The number of hydrogen-bond donors (Lipinski definition) is 0. The highest BCUT2D eigenvalue weighted by molar-refractivity contribution is 6.08. The van der Waals surface area contributed by atoms with Gasteiger partial charge in [-0.2, -0.15) is 4.91 Å². The summed E-state index contributed by atoms with van der Waals surface area (Å²) in [6.07, 6.45) is 1.05. The summed E-state index contributed by atoms with van der Waals surface area (Å²) in [7, 11) is 2.05. The predicted octanol–water partition coefficient (Wildman–Crippen LogP) is 0.440. The van der Waals surface area contributed by atoms with Gasteiger partial charge in [0.2, 0.25) is 0 Å². The van der Waals surface area contributed by atoms with Gasteiger partial charge in [0.05, 0.1) is 6.54 Å². The third kappa shape index (κ3) is 3.50. The van der Waals surface area contributed by atoms with Crippen LogP contribution in [0.1, 0.15) is 6.92 Å². The van der Waals surface area contributed by atoms with Crippen LogP contribution in [0, 0.1) is 10.8 Å². The van der Waals surface area contributed by atoms with Gasteiger partial charge in [0.25, 0.3) is 0 Å². The molecule has 0 N–H and O–H groups in total. The van der Waals surface area contributed by atoms with Crippen molar-refractivity contribution >= 4 is 7.85 Å². The zero-order valence-electron chi connectivity index (χ0n) is 4.85. The minimum Gasteiger partial charge on any atom is -0.151 e. The van der Waals surface area contributed by atoms with E-state index in [4.69, 9.17) is 0 Å². The van der Waals surface area contributed by atoms with E-state index in [9.17, 15) is 4.91 Å². The summed E-state index contributed by atoms with van der Waals surface area (Å²) in [5.41, 5.74) is 0. The second-order valence-corrected chi connectivity index (χ2v) is 1.83. The SMILES string of the molecule is BCC(C)CN=O. The molecular formula is C4H10BNO. The lowest BCUT2D eigenvalue weighted by atomic mass is 9.93. The molecule has 1 atom stereocenters. The third-order valence-electron chi connectivity index (χ3n) is 1.08. The lowest BCUT2D eigenvalue weighted by molar-refractivity contribution is 0.662. The Labute approximate surface area is 44.7 Å². The van der Waals surface area contributed by atoms with Gasteiger partial charge in [-0.3, -0.25) is 0 Å². The van der Waals surface area contributed by atoms with Crippen molar-refractivity contribution in [3.05, 3.63) is 4.91 Å². The highest BCUT2D eigenvalue weighted by Gasteiger charge is 1.94. The smallest absolute Gasteiger partial charge is 0.101 e. The number of nitrogens with zero attached hydrogens (tertiary/aromatic N) is 1. The van der Waals surface area contributed by atoms with Crippen LogP contribution >= 0.6 is 0 Å². The summed E-state index contributed by atoms with van der Waals surface area (Å²) in [5, 5.41) is 2.76. The normalized spacial score (nSPS) is 13.3. The Kier molecular flexibility index (Phi) is 3.66. The molecule has 0 fully saturated rings. The molecule has 0 amide bonds. The summed E-state index contributed by atoms with van der Waals surface area (Å²) in [4.78, 5) is 9.52. The fraction of sp³-hybridized carbons (Fsp3) is 1.00. The zero-order chi connectivity index (χ0) is 5.70. The van der Waals surface area contributed by atoms with E-state index in [0.717, 1.165) is 6.32 Å². The van der Waals surface area contributed by atoms with Gasteiger partial charge in [-0.05, 0) is 5.92 Å². The monoisotopic (exact) mass is 99.1 g/mol. The summed E-state index contributed by atoms with van der Waals surface area (Å²) in [6, 6.07) is 0. The van der Waals surface area contributed by atoms with Crippen molar-refractivity contribution < 1.29 is 0 Å². The largest absolute Gasteiger partial charge is 0.151 e. The van der Waals surface area contributed by atoms with Crippen molar-refractivity contribution in [2.45, 2.75) is 13.2 Å². The summed E-state index contributed by atoms with van der Waals surface area (Å²) < 4.78 is 0.